The minimum Gasteiger partial charge on any atom is -0.339 e. The number of piperidine rings is 1. The number of nitrogens with two attached hydrogens (primary N) is 1. The SMILES string of the molecule is CC1CCN(C(=O)c2cccc([N+](=O)[O-])c2NN)CC1. The van der Waals surface area contributed by atoms with Crippen LogP contribution in [0.1, 0.15) is 30.1 Å². The number of benzene rings is 1. The largest absolute Gasteiger partial charge is 0.339 e. The van der Waals surface area contributed by atoms with Crippen LogP contribution in [-0.2, 0) is 0 Å². The molecule has 1 aromatic rings. The van der Waals surface area contributed by atoms with Crippen molar-refractivity contribution in [2.45, 2.75) is 19.8 Å². The number of nitrogen functional groups attached to an aromatic ring is 1. The second-order valence-corrected chi connectivity index (χ2v) is 5.08. The van der Waals surface area contributed by atoms with E-state index in [2.05, 4.69) is 12.3 Å². The number of likely N-dealkylation sites (tertiary alicyclic amines) is 1. The van der Waals surface area contributed by atoms with Crippen molar-refractivity contribution < 1.29 is 9.72 Å². The van der Waals surface area contributed by atoms with Gasteiger partial charge in [-0.05, 0) is 24.8 Å². The highest BCUT2D eigenvalue weighted by Crippen LogP contribution is 2.29. The van der Waals surface area contributed by atoms with Crippen LogP contribution in [0.25, 0.3) is 0 Å². The molecule has 20 heavy (non-hydrogen) atoms. The molecule has 0 aliphatic carbocycles. The summed E-state index contributed by atoms with van der Waals surface area (Å²) in [7, 11) is 0. The maximum absolute atomic E-state index is 12.5. The van der Waals surface area contributed by atoms with E-state index in [4.69, 9.17) is 5.84 Å². The Morgan fingerprint density at radius 3 is 2.65 bits per heavy atom. The van der Waals surface area contributed by atoms with Crippen molar-refractivity contribution in [3.05, 3.63) is 33.9 Å². The van der Waals surface area contributed by atoms with Crippen molar-refractivity contribution in [3.63, 3.8) is 0 Å². The van der Waals surface area contributed by atoms with E-state index in [1.54, 1.807) is 11.0 Å². The summed E-state index contributed by atoms with van der Waals surface area (Å²) < 4.78 is 0. The third-order valence-electron chi connectivity index (χ3n) is 3.68. The van der Waals surface area contributed by atoms with Crippen molar-refractivity contribution in [2.75, 3.05) is 18.5 Å². The van der Waals surface area contributed by atoms with Crippen molar-refractivity contribution in [1.82, 2.24) is 4.90 Å². The molecule has 3 N–H and O–H groups in total. The van der Waals surface area contributed by atoms with Gasteiger partial charge in [0, 0.05) is 19.2 Å². The van der Waals surface area contributed by atoms with Crippen LogP contribution in [0.2, 0.25) is 0 Å². The van der Waals surface area contributed by atoms with Gasteiger partial charge in [0.15, 0.2) is 0 Å². The molecule has 1 fully saturated rings. The molecule has 1 heterocycles. The van der Waals surface area contributed by atoms with E-state index < -0.39 is 4.92 Å². The van der Waals surface area contributed by atoms with Crippen LogP contribution >= 0.6 is 0 Å². The Hall–Kier alpha value is -2.15. The zero-order chi connectivity index (χ0) is 14.7. The van der Waals surface area contributed by atoms with Crippen LogP contribution in [0.3, 0.4) is 0 Å². The second-order valence-electron chi connectivity index (χ2n) is 5.08. The summed E-state index contributed by atoms with van der Waals surface area (Å²) in [6.45, 7) is 3.50. The van der Waals surface area contributed by atoms with Gasteiger partial charge in [0.25, 0.3) is 11.6 Å². The van der Waals surface area contributed by atoms with E-state index in [9.17, 15) is 14.9 Å². The zero-order valence-electron chi connectivity index (χ0n) is 11.3. The number of nitro benzene ring substituents is 1. The number of para-hydroxylation sites is 1. The number of anilines is 1. The topological polar surface area (TPSA) is 102 Å². The van der Waals surface area contributed by atoms with Crippen LogP contribution < -0.4 is 11.3 Å². The Morgan fingerprint density at radius 2 is 2.10 bits per heavy atom. The third kappa shape index (κ3) is 2.72. The molecule has 0 atom stereocenters. The van der Waals surface area contributed by atoms with Gasteiger partial charge in [0.1, 0.15) is 5.69 Å². The number of amides is 1. The van der Waals surface area contributed by atoms with Crippen molar-refractivity contribution in [2.24, 2.45) is 11.8 Å². The number of nitrogens with one attached hydrogen (secondary N) is 1. The minimum absolute atomic E-state index is 0.0705. The van der Waals surface area contributed by atoms with Crippen molar-refractivity contribution in [1.29, 1.82) is 0 Å². The van der Waals surface area contributed by atoms with Gasteiger partial charge in [-0.1, -0.05) is 13.0 Å². The first-order valence-electron chi connectivity index (χ1n) is 6.58. The standard InChI is InChI=1S/C13H18N4O3/c1-9-5-7-16(8-6-9)13(18)10-3-2-4-11(17(19)20)12(10)15-14/h2-4,9,15H,5-8,14H2,1H3. The first-order chi connectivity index (χ1) is 9.54. The monoisotopic (exact) mass is 278 g/mol. The third-order valence-corrected chi connectivity index (χ3v) is 3.68. The normalized spacial score (nSPS) is 16.0. The second kappa shape index (κ2) is 5.87. The predicted octanol–water partition coefficient (Wildman–Crippen LogP) is 1.75. The Labute approximate surface area is 116 Å². The van der Waals surface area contributed by atoms with E-state index in [0.717, 1.165) is 12.8 Å². The molecule has 2 rings (SSSR count). The van der Waals surface area contributed by atoms with Crippen LogP contribution in [0.4, 0.5) is 11.4 Å². The first-order valence-corrected chi connectivity index (χ1v) is 6.58. The molecule has 0 bridgehead atoms. The number of nitrogens with zero attached hydrogens (tertiary/aromatic N) is 2. The fraction of sp³-hybridized carbons (Fsp3) is 0.462. The van der Waals surface area contributed by atoms with Crippen LogP contribution in [0, 0.1) is 16.0 Å². The molecule has 0 radical (unpaired) electrons. The lowest BCUT2D eigenvalue weighted by Gasteiger charge is -2.30. The van der Waals surface area contributed by atoms with E-state index in [1.807, 2.05) is 0 Å². The summed E-state index contributed by atoms with van der Waals surface area (Å²) in [6, 6.07) is 4.38. The Morgan fingerprint density at radius 1 is 1.45 bits per heavy atom. The predicted molar refractivity (Wildman–Crippen MR) is 75.2 cm³/mol. The lowest BCUT2D eigenvalue weighted by atomic mass is 9.98. The molecule has 1 aliphatic rings. The lowest BCUT2D eigenvalue weighted by Crippen LogP contribution is -2.38. The van der Waals surface area contributed by atoms with E-state index in [1.165, 1.54) is 12.1 Å². The molecule has 0 unspecified atom stereocenters. The molecule has 0 saturated carbocycles. The van der Waals surface area contributed by atoms with Gasteiger partial charge in [0.2, 0.25) is 0 Å². The number of hydrogen-bond acceptors (Lipinski definition) is 5. The summed E-state index contributed by atoms with van der Waals surface area (Å²) in [6.07, 6.45) is 1.90. The van der Waals surface area contributed by atoms with E-state index in [-0.39, 0.29) is 22.8 Å². The minimum atomic E-state index is -0.551. The Balaban J connectivity index is 2.30. The maximum atomic E-state index is 12.5. The molecule has 1 amide bonds. The smallest absolute Gasteiger partial charge is 0.294 e. The van der Waals surface area contributed by atoms with Crippen molar-refractivity contribution >= 4 is 17.3 Å². The van der Waals surface area contributed by atoms with Crippen LogP contribution in [0.5, 0.6) is 0 Å². The highest BCUT2D eigenvalue weighted by Gasteiger charge is 2.26. The van der Waals surface area contributed by atoms with Gasteiger partial charge >= 0.3 is 0 Å². The molecule has 1 aliphatic heterocycles. The molecule has 0 aromatic heterocycles. The summed E-state index contributed by atoms with van der Waals surface area (Å²) in [5.41, 5.74) is 2.41. The van der Waals surface area contributed by atoms with E-state index in [0.29, 0.717) is 19.0 Å². The average Bonchev–Trinajstić information content (AvgIpc) is 2.46. The summed E-state index contributed by atoms with van der Waals surface area (Å²) in [5, 5.41) is 11.0. The summed E-state index contributed by atoms with van der Waals surface area (Å²) in [5.74, 6) is 5.75. The number of rotatable bonds is 3. The number of nitro groups is 1. The van der Waals surface area contributed by atoms with Crippen LogP contribution in [-0.4, -0.2) is 28.8 Å². The molecule has 7 heteroatoms. The molecule has 1 saturated heterocycles. The summed E-state index contributed by atoms with van der Waals surface area (Å²) >= 11 is 0. The molecular formula is C13H18N4O3. The highest BCUT2D eigenvalue weighted by molar-refractivity contribution is 6.01. The molecular weight excluding hydrogens is 260 g/mol. The van der Waals surface area contributed by atoms with Crippen molar-refractivity contribution in [3.8, 4) is 0 Å². The van der Waals surface area contributed by atoms with Gasteiger partial charge < -0.3 is 10.3 Å². The number of hydrogen-bond donors (Lipinski definition) is 2. The van der Waals surface area contributed by atoms with Gasteiger partial charge in [-0.15, -0.1) is 0 Å². The van der Waals surface area contributed by atoms with Crippen LogP contribution in [0.15, 0.2) is 18.2 Å². The fourth-order valence-electron chi connectivity index (χ4n) is 2.40. The quantitative estimate of drug-likeness (QED) is 0.498. The first kappa shape index (κ1) is 14.3. The number of hydrazine groups is 1. The van der Waals surface area contributed by atoms with Gasteiger partial charge in [0.05, 0.1) is 10.5 Å². The summed E-state index contributed by atoms with van der Waals surface area (Å²) in [4.78, 5) is 24.6. The van der Waals surface area contributed by atoms with Gasteiger partial charge in [-0.2, -0.15) is 0 Å². The number of carbonyl (C=O) groups is 1. The molecule has 0 spiro atoms. The number of carbonyl (C=O) groups excluding carboxylic acids is 1. The Kier molecular flexibility index (Phi) is 4.19. The molecule has 7 nitrogen and oxygen atoms in total. The van der Waals surface area contributed by atoms with E-state index >= 15 is 0 Å². The molecule has 108 valence electrons. The zero-order valence-corrected chi connectivity index (χ0v) is 11.3. The van der Waals surface area contributed by atoms with Gasteiger partial charge in [-0.25, -0.2) is 0 Å². The lowest BCUT2D eigenvalue weighted by molar-refractivity contribution is -0.384. The fourth-order valence-corrected chi connectivity index (χ4v) is 2.40. The van der Waals surface area contributed by atoms with Gasteiger partial charge in [-0.3, -0.25) is 20.8 Å². The maximum Gasteiger partial charge on any atom is 0.294 e. The average molecular weight is 278 g/mol. The Bertz CT molecular complexity index is 524. The molecule has 1 aromatic carbocycles. The highest BCUT2D eigenvalue weighted by atomic mass is 16.6.